The zero-order valence-electron chi connectivity index (χ0n) is 17.0. The Hall–Kier alpha value is -2.00. The van der Waals surface area contributed by atoms with Gasteiger partial charge in [0.25, 0.3) is 0 Å². The first-order valence-corrected chi connectivity index (χ1v) is 9.63. The predicted octanol–water partition coefficient (Wildman–Crippen LogP) is 3.00. The number of ether oxygens (including phenoxy) is 1. The Bertz CT molecular complexity index is 736. The molecule has 1 aromatic carbocycles. The highest BCUT2D eigenvalue weighted by molar-refractivity contribution is 5.85. The number of benzene rings is 1. The Morgan fingerprint density at radius 2 is 1.83 bits per heavy atom. The van der Waals surface area contributed by atoms with E-state index in [-0.39, 0.29) is 36.7 Å². The van der Waals surface area contributed by atoms with Gasteiger partial charge in [0, 0.05) is 30.8 Å². The molecule has 5 N–H and O–H groups in total. The molecule has 0 saturated heterocycles. The third-order valence-electron chi connectivity index (χ3n) is 4.85. The second-order valence-corrected chi connectivity index (χ2v) is 6.77. The van der Waals surface area contributed by atoms with Crippen LogP contribution in [0.4, 0.5) is 4.79 Å². The highest BCUT2D eigenvalue weighted by Gasteiger charge is 2.52. The molecule has 8 nitrogen and oxygen atoms in total. The van der Waals surface area contributed by atoms with Gasteiger partial charge in [-0.05, 0) is 25.3 Å². The normalized spacial score (nSPS) is 20.8. The topological polar surface area (TPSA) is 122 Å². The van der Waals surface area contributed by atoms with E-state index in [1.807, 2.05) is 13.8 Å². The lowest BCUT2D eigenvalue weighted by atomic mass is 9.82. The van der Waals surface area contributed by atoms with E-state index in [2.05, 4.69) is 5.32 Å². The minimum absolute atomic E-state index is 0. The molecule has 2 rings (SSSR count). The van der Waals surface area contributed by atoms with Gasteiger partial charge in [0.2, 0.25) is 5.72 Å². The van der Waals surface area contributed by atoms with Gasteiger partial charge in [-0.15, -0.1) is 12.4 Å². The Labute approximate surface area is 177 Å². The van der Waals surface area contributed by atoms with Gasteiger partial charge in [0.05, 0.1) is 6.61 Å². The van der Waals surface area contributed by atoms with E-state index < -0.39 is 29.4 Å². The van der Waals surface area contributed by atoms with Gasteiger partial charge in [-0.2, -0.15) is 0 Å². The summed E-state index contributed by atoms with van der Waals surface area (Å²) in [5.74, 6) is -1.16. The first kappa shape index (κ1) is 25.0. The molecule has 1 aliphatic rings. The lowest BCUT2D eigenvalue weighted by Crippen LogP contribution is -2.57. The number of fused-ring (bicyclic) bond motifs is 1. The number of carbonyl (C=O) groups is 1. The largest absolute Gasteiger partial charge is 0.505 e. The van der Waals surface area contributed by atoms with Crippen molar-refractivity contribution in [3.63, 3.8) is 0 Å². The van der Waals surface area contributed by atoms with Crippen molar-refractivity contribution in [2.45, 2.75) is 52.0 Å². The molecule has 0 heterocycles. The van der Waals surface area contributed by atoms with Gasteiger partial charge < -0.3 is 30.5 Å². The van der Waals surface area contributed by atoms with Crippen LogP contribution in [0.5, 0.6) is 0 Å². The molecule has 0 spiro atoms. The maximum atomic E-state index is 11.6. The summed E-state index contributed by atoms with van der Waals surface area (Å²) in [6.45, 7) is 6.62. The molecular weight excluding hydrogens is 400 g/mol. The molecule has 0 bridgehead atoms. The molecule has 0 saturated carbocycles. The van der Waals surface area contributed by atoms with Crippen LogP contribution in [0.3, 0.4) is 0 Å². The number of aliphatic hydroxyl groups is 4. The number of rotatable bonds is 8. The lowest BCUT2D eigenvalue weighted by molar-refractivity contribution is -0.177. The summed E-state index contributed by atoms with van der Waals surface area (Å²) in [6.07, 6.45) is -0.761. The van der Waals surface area contributed by atoms with E-state index in [9.17, 15) is 25.2 Å². The molecule has 164 valence electrons. The van der Waals surface area contributed by atoms with Crippen LogP contribution in [-0.2, 0) is 11.3 Å². The minimum Gasteiger partial charge on any atom is -0.505 e. The molecule has 2 atom stereocenters. The summed E-state index contributed by atoms with van der Waals surface area (Å²) in [5.41, 5.74) is -1.19. The fourth-order valence-electron chi connectivity index (χ4n) is 3.59. The number of halogens is 1. The van der Waals surface area contributed by atoms with Gasteiger partial charge >= 0.3 is 6.09 Å². The molecule has 29 heavy (non-hydrogen) atoms. The van der Waals surface area contributed by atoms with Crippen LogP contribution in [0.1, 0.15) is 56.4 Å². The van der Waals surface area contributed by atoms with E-state index in [1.165, 1.54) is 0 Å². The van der Waals surface area contributed by atoms with Gasteiger partial charge in [-0.3, -0.25) is 4.90 Å². The van der Waals surface area contributed by atoms with Crippen LogP contribution in [-0.4, -0.2) is 56.8 Å². The van der Waals surface area contributed by atoms with Gasteiger partial charge in [0.1, 0.15) is 6.10 Å². The summed E-state index contributed by atoms with van der Waals surface area (Å²) in [7, 11) is 0. The van der Waals surface area contributed by atoms with E-state index in [1.54, 1.807) is 30.0 Å². The molecule has 9 heteroatoms. The number of nitrogens with one attached hydrogen (secondary N) is 1. The Morgan fingerprint density at radius 3 is 2.38 bits per heavy atom. The summed E-state index contributed by atoms with van der Waals surface area (Å²) >= 11 is 0. The maximum Gasteiger partial charge on any atom is 0.407 e. The summed E-state index contributed by atoms with van der Waals surface area (Å²) in [6, 6.07) is 4.85. The second-order valence-electron chi connectivity index (χ2n) is 6.77. The fourth-order valence-corrected chi connectivity index (χ4v) is 3.59. The summed E-state index contributed by atoms with van der Waals surface area (Å²) in [5, 5.41) is 46.2. The quantitative estimate of drug-likeness (QED) is 0.402. The third kappa shape index (κ3) is 4.78. The first-order chi connectivity index (χ1) is 13.3. The maximum absolute atomic E-state index is 11.6. The summed E-state index contributed by atoms with van der Waals surface area (Å²) in [4.78, 5) is 13.2. The van der Waals surface area contributed by atoms with Crippen molar-refractivity contribution < 1.29 is 30.0 Å². The van der Waals surface area contributed by atoms with Crippen molar-refractivity contribution in [1.29, 1.82) is 0 Å². The van der Waals surface area contributed by atoms with Crippen LogP contribution >= 0.6 is 12.4 Å². The molecule has 2 unspecified atom stereocenters. The van der Waals surface area contributed by atoms with E-state index >= 15 is 0 Å². The van der Waals surface area contributed by atoms with Gasteiger partial charge in [-0.1, -0.05) is 32.0 Å². The predicted molar refractivity (Wildman–Crippen MR) is 112 cm³/mol. The highest BCUT2D eigenvalue weighted by atomic mass is 35.5. The lowest BCUT2D eigenvalue weighted by Gasteiger charge is -2.45. The zero-order valence-corrected chi connectivity index (χ0v) is 17.8. The van der Waals surface area contributed by atoms with E-state index in [4.69, 9.17) is 4.74 Å². The average molecular weight is 431 g/mol. The zero-order chi connectivity index (χ0) is 20.9. The Kier molecular flexibility index (Phi) is 9.22. The number of amides is 1. The van der Waals surface area contributed by atoms with Crippen molar-refractivity contribution in [2.24, 2.45) is 0 Å². The molecule has 0 aromatic heterocycles. The smallest absolute Gasteiger partial charge is 0.407 e. The number of alkyl carbamates (subject to hydrolysis) is 1. The van der Waals surface area contributed by atoms with Crippen LogP contribution in [0.25, 0.3) is 5.76 Å². The number of nitrogens with zero attached hydrogens (tertiary/aromatic N) is 1. The molecule has 0 aliphatic heterocycles. The van der Waals surface area contributed by atoms with Crippen molar-refractivity contribution in [1.82, 2.24) is 10.2 Å². The SMILES string of the molecule is CCCN(CCC)C1(O)C(O)=C(O)c2cccc(CNC(=O)OCC)c2C1O.Cl. The van der Waals surface area contributed by atoms with Crippen LogP contribution < -0.4 is 5.32 Å². The van der Waals surface area contributed by atoms with Crippen molar-refractivity contribution in [3.8, 4) is 0 Å². The van der Waals surface area contributed by atoms with Crippen LogP contribution in [0.2, 0.25) is 0 Å². The molecule has 0 fully saturated rings. The van der Waals surface area contributed by atoms with Crippen LogP contribution in [0, 0.1) is 0 Å². The molecule has 1 amide bonds. The number of hydrogen-bond donors (Lipinski definition) is 5. The van der Waals surface area contributed by atoms with Crippen molar-refractivity contribution in [2.75, 3.05) is 19.7 Å². The van der Waals surface area contributed by atoms with Crippen molar-refractivity contribution >= 4 is 24.3 Å². The van der Waals surface area contributed by atoms with E-state index in [0.717, 1.165) is 0 Å². The first-order valence-electron chi connectivity index (χ1n) is 9.63. The Morgan fingerprint density at radius 1 is 1.21 bits per heavy atom. The number of hydrogen-bond acceptors (Lipinski definition) is 7. The number of aliphatic hydroxyl groups excluding tert-OH is 3. The highest BCUT2D eigenvalue weighted by Crippen LogP contribution is 2.45. The average Bonchev–Trinajstić information content (AvgIpc) is 2.68. The third-order valence-corrected chi connectivity index (χ3v) is 4.85. The molecule has 1 aliphatic carbocycles. The Balaban J connectivity index is 0.00000420. The molecular formula is C20H31ClN2O6. The van der Waals surface area contributed by atoms with Gasteiger partial charge in [0.15, 0.2) is 11.5 Å². The molecule has 0 radical (unpaired) electrons. The summed E-state index contributed by atoms with van der Waals surface area (Å²) < 4.78 is 4.85. The number of carbonyl (C=O) groups excluding carboxylic acids is 1. The van der Waals surface area contributed by atoms with E-state index in [0.29, 0.717) is 31.5 Å². The second kappa shape index (κ2) is 10.7. The minimum atomic E-state index is -2.16. The van der Waals surface area contributed by atoms with Crippen molar-refractivity contribution in [3.05, 3.63) is 40.6 Å². The molecule has 1 aromatic rings. The fraction of sp³-hybridized carbons (Fsp3) is 0.550. The monoisotopic (exact) mass is 430 g/mol. The van der Waals surface area contributed by atoms with Gasteiger partial charge in [-0.25, -0.2) is 4.79 Å². The van der Waals surface area contributed by atoms with Crippen LogP contribution in [0.15, 0.2) is 24.0 Å². The standard InChI is InChI=1S/C20H30N2O6.ClH/c1-4-10-22(11-5-2)20(27)17(24)15-13(12-21-19(26)28-6-3)8-7-9-14(15)16(23)18(20)25;/h7-9,17,23-25,27H,4-6,10-12H2,1-3H3,(H,21,26);1H.